The zero-order chi connectivity index (χ0) is 21.1. The fraction of sp³-hybridized carbons (Fsp3) is 0.261. The van der Waals surface area contributed by atoms with Crippen LogP contribution in [0.3, 0.4) is 0 Å². The van der Waals surface area contributed by atoms with E-state index in [2.05, 4.69) is 11.4 Å². The summed E-state index contributed by atoms with van der Waals surface area (Å²) in [6.45, 7) is 3.37. The topological polar surface area (TPSA) is 66.5 Å². The van der Waals surface area contributed by atoms with Gasteiger partial charge in [-0.25, -0.2) is 8.42 Å². The molecule has 0 saturated carbocycles. The lowest BCUT2D eigenvalue weighted by atomic mass is 10.1. The summed E-state index contributed by atoms with van der Waals surface area (Å²) in [5, 5.41) is 4.89. The van der Waals surface area contributed by atoms with E-state index in [1.165, 1.54) is 20.8 Å². The third-order valence-electron chi connectivity index (χ3n) is 5.29. The van der Waals surface area contributed by atoms with Gasteiger partial charge in [0.1, 0.15) is 0 Å². The third kappa shape index (κ3) is 4.48. The molecule has 0 unspecified atom stereocenters. The highest BCUT2D eigenvalue weighted by Gasteiger charge is 2.29. The summed E-state index contributed by atoms with van der Waals surface area (Å²) in [5.74, 6) is -0.265. The van der Waals surface area contributed by atoms with Crippen molar-refractivity contribution in [3.8, 4) is 0 Å². The van der Waals surface area contributed by atoms with Gasteiger partial charge in [-0.15, -0.1) is 11.3 Å². The van der Waals surface area contributed by atoms with Crippen molar-refractivity contribution in [2.45, 2.75) is 31.2 Å². The summed E-state index contributed by atoms with van der Waals surface area (Å²) >= 11 is 1.67. The lowest BCUT2D eigenvalue weighted by molar-refractivity contribution is 0.0954. The minimum Gasteiger partial charge on any atom is -0.352 e. The SMILES string of the molecule is Cc1cccc(CCNC(=O)c2cccc(S(=O)(=O)N3CCc4sccc4C3)c2)c1. The van der Waals surface area contributed by atoms with E-state index >= 15 is 0 Å². The smallest absolute Gasteiger partial charge is 0.251 e. The summed E-state index contributed by atoms with van der Waals surface area (Å²) in [6, 6.07) is 16.5. The van der Waals surface area contributed by atoms with Gasteiger partial charge in [-0.1, -0.05) is 35.9 Å². The molecule has 5 nitrogen and oxygen atoms in total. The number of hydrogen-bond acceptors (Lipinski definition) is 4. The molecule has 7 heteroatoms. The first kappa shape index (κ1) is 20.8. The Bertz CT molecular complexity index is 1170. The van der Waals surface area contributed by atoms with E-state index in [9.17, 15) is 13.2 Å². The third-order valence-corrected chi connectivity index (χ3v) is 8.15. The van der Waals surface area contributed by atoms with E-state index in [0.29, 0.717) is 25.2 Å². The van der Waals surface area contributed by atoms with Crippen LogP contribution in [-0.2, 0) is 29.4 Å². The Labute approximate surface area is 181 Å². The highest BCUT2D eigenvalue weighted by molar-refractivity contribution is 7.89. The fourth-order valence-electron chi connectivity index (χ4n) is 3.66. The van der Waals surface area contributed by atoms with E-state index in [4.69, 9.17) is 0 Å². The number of benzene rings is 2. The summed E-state index contributed by atoms with van der Waals surface area (Å²) in [7, 11) is -3.65. The fourth-order valence-corrected chi connectivity index (χ4v) is 6.02. The number of hydrogen-bond donors (Lipinski definition) is 1. The summed E-state index contributed by atoms with van der Waals surface area (Å²) in [4.78, 5) is 14.0. The minimum atomic E-state index is -3.65. The lowest BCUT2D eigenvalue weighted by Crippen LogP contribution is -2.35. The highest BCUT2D eigenvalue weighted by Crippen LogP contribution is 2.28. The van der Waals surface area contributed by atoms with E-state index in [1.54, 1.807) is 29.5 Å². The van der Waals surface area contributed by atoms with Crippen LogP contribution in [0.1, 0.15) is 31.9 Å². The number of carbonyl (C=O) groups excluding carboxylic acids is 1. The van der Waals surface area contributed by atoms with Crippen molar-refractivity contribution >= 4 is 27.3 Å². The van der Waals surface area contributed by atoms with Gasteiger partial charge in [0.05, 0.1) is 4.90 Å². The van der Waals surface area contributed by atoms with E-state index in [-0.39, 0.29) is 10.8 Å². The van der Waals surface area contributed by atoms with Crippen molar-refractivity contribution in [2.75, 3.05) is 13.1 Å². The van der Waals surface area contributed by atoms with Crippen molar-refractivity contribution in [1.29, 1.82) is 0 Å². The highest BCUT2D eigenvalue weighted by atomic mass is 32.2. The maximum absolute atomic E-state index is 13.1. The Balaban J connectivity index is 1.43. The van der Waals surface area contributed by atoms with E-state index < -0.39 is 10.0 Å². The molecular weight excluding hydrogens is 416 g/mol. The molecule has 4 rings (SSSR count). The van der Waals surface area contributed by atoms with Crippen LogP contribution in [-0.4, -0.2) is 31.7 Å². The van der Waals surface area contributed by atoms with Crippen molar-refractivity contribution in [3.05, 3.63) is 87.1 Å². The van der Waals surface area contributed by atoms with Crippen molar-refractivity contribution in [3.63, 3.8) is 0 Å². The van der Waals surface area contributed by atoms with Gasteiger partial charge in [0.2, 0.25) is 10.0 Å². The number of sulfonamides is 1. The van der Waals surface area contributed by atoms with Crippen molar-refractivity contribution in [2.24, 2.45) is 0 Å². The van der Waals surface area contributed by atoms with Gasteiger partial charge >= 0.3 is 0 Å². The normalized spacial score (nSPS) is 14.3. The monoisotopic (exact) mass is 440 g/mol. The first-order chi connectivity index (χ1) is 14.4. The van der Waals surface area contributed by atoms with Crippen LogP contribution in [0, 0.1) is 6.92 Å². The van der Waals surface area contributed by atoms with Gasteiger partial charge in [0.25, 0.3) is 5.91 Å². The number of aryl methyl sites for hydroxylation is 1. The molecule has 30 heavy (non-hydrogen) atoms. The van der Waals surface area contributed by atoms with Gasteiger partial charge in [0, 0.05) is 30.1 Å². The first-order valence-corrected chi connectivity index (χ1v) is 12.2. The first-order valence-electron chi connectivity index (χ1n) is 9.93. The Morgan fingerprint density at radius 3 is 2.80 bits per heavy atom. The number of nitrogens with one attached hydrogen (secondary N) is 1. The van der Waals surface area contributed by atoms with Crippen molar-refractivity contribution < 1.29 is 13.2 Å². The Morgan fingerprint density at radius 1 is 1.13 bits per heavy atom. The van der Waals surface area contributed by atoms with Crippen LogP contribution in [0.2, 0.25) is 0 Å². The van der Waals surface area contributed by atoms with Crippen molar-refractivity contribution in [1.82, 2.24) is 9.62 Å². The number of fused-ring (bicyclic) bond motifs is 1. The molecule has 0 bridgehead atoms. The zero-order valence-corrected chi connectivity index (χ0v) is 18.4. The quantitative estimate of drug-likeness (QED) is 0.634. The maximum atomic E-state index is 13.1. The van der Waals surface area contributed by atoms with Gasteiger partial charge in [0.15, 0.2) is 0 Å². The number of amides is 1. The van der Waals surface area contributed by atoms with Gasteiger partial charge in [-0.2, -0.15) is 4.31 Å². The number of carbonyl (C=O) groups is 1. The zero-order valence-electron chi connectivity index (χ0n) is 16.8. The second-order valence-corrected chi connectivity index (χ2v) is 10.4. The molecule has 2 aromatic carbocycles. The van der Waals surface area contributed by atoms with Crippen LogP contribution >= 0.6 is 11.3 Å². The van der Waals surface area contributed by atoms with Crippen LogP contribution in [0.25, 0.3) is 0 Å². The number of rotatable bonds is 6. The Kier molecular flexibility index (Phi) is 6.04. The molecule has 1 aromatic heterocycles. The van der Waals surface area contributed by atoms with Crippen LogP contribution < -0.4 is 5.32 Å². The lowest BCUT2D eigenvalue weighted by Gasteiger charge is -2.26. The molecule has 0 spiro atoms. The Morgan fingerprint density at radius 2 is 1.97 bits per heavy atom. The van der Waals surface area contributed by atoms with E-state index in [1.807, 2.05) is 36.6 Å². The largest absolute Gasteiger partial charge is 0.352 e. The van der Waals surface area contributed by atoms with Gasteiger partial charge < -0.3 is 5.32 Å². The summed E-state index contributed by atoms with van der Waals surface area (Å²) in [5.41, 5.74) is 3.77. The number of nitrogens with zero attached hydrogens (tertiary/aromatic N) is 1. The Hall–Kier alpha value is -2.48. The predicted octanol–water partition coefficient (Wildman–Crippen LogP) is 3.78. The maximum Gasteiger partial charge on any atom is 0.251 e. The molecule has 2 heterocycles. The molecule has 0 atom stereocenters. The molecule has 1 N–H and O–H groups in total. The molecular formula is C23H24N2O3S2. The average molecular weight is 441 g/mol. The molecule has 156 valence electrons. The minimum absolute atomic E-state index is 0.160. The molecule has 1 amide bonds. The van der Waals surface area contributed by atoms with Crippen LogP contribution in [0.5, 0.6) is 0 Å². The molecule has 1 aliphatic heterocycles. The van der Waals surface area contributed by atoms with Gasteiger partial charge in [-0.3, -0.25) is 4.79 Å². The second kappa shape index (κ2) is 8.71. The molecule has 0 aliphatic carbocycles. The summed E-state index contributed by atoms with van der Waals surface area (Å²) in [6.07, 6.45) is 1.45. The molecule has 1 aliphatic rings. The standard InChI is InChI=1S/C23H24N2O3S2/c1-17-4-2-5-18(14-17)8-11-24-23(26)19-6-3-7-21(15-19)30(27,28)25-12-9-22-20(16-25)10-13-29-22/h2-7,10,13-15H,8-9,11-12,16H2,1H3,(H,24,26). The number of thiophene rings is 1. The average Bonchev–Trinajstić information content (AvgIpc) is 3.22. The van der Waals surface area contributed by atoms with Crippen LogP contribution in [0.15, 0.2) is 64.9 Å². The van der Waals surface area contributed by atoms with E-state index in [0.717, 1.165) is 24.0 Å². The molecule has 0 radical (unpaired) electrons. The predicted molar refractivity (Wildman–Crippen MR) is 119 cm³/mol. The van der Waals surface area contributed by atoms with Crippen LogP contribution in [0.4, 0.5) is 0 Å². The summed E-state index contributed by atoms with van der Waals surface area (Å²) < 4.78 is 27.7. The van der Waals surface area contributed by atoms with Gasteiger partial charge in [-0.05, 0) is 60.5 Å². The molecule has 3 aromatic rings. The second-order valence-electron chi connectivity index (χ2n) is 7.48. The molecule has 0 saturated heterocycles. The molecule has 0 fully saturated rings.